The number of benzene rings is 1. The highest BCUT2D eigenvalue weighted by Crippen LogP contribution is 2.40. The summed E-state index contributed by atoms with van der Waals surface area (Å²) in [4.78, 5) is 11.8. The van der Waals surface area contributed by atoms with Crippen molar-refractivity contribution in [3.8, 4) is 6.07 Å². The van der Waals surface area contributed by atoms with Crippen LogP contribution in [0.5, 0.6) is 0 Å². The Morgan fingerprint density at radius 3 is 2.67 bits per heavy atom. The van der Waals surface area contributed by atoms with E-state index >= 15 is 0 Å². The molecule has 0 N–H and O–H groups in total. The lowest BCUT2D eigenvalue weighted by Gasteiger charge is -2.00. The van der Waals surface area contributed by atoms with Gasteiger partial charge in [-0.25, -0.2) is 0 Å². The van der Waals surface area contributed by atoms with Gasteiger partial charge in [0.1, 0.15) is 0 Å². The van der Waals surface area contributed by atoms with Crippen molar-refractivity contribution >= 4 is 29.0 Å². The van der Waals surface area contributed by atoms with Gasteiger partial charge in [-0.05, 0) is 24.6 Å². The Morgan fingerprint density at radius 1 is 1.40 bits per heavy atom. The molecule has 0 radical (unpaired) electrons. The lowest BCUT2D eigenvalue weighted by atomic mass is 10.1. The summed E-state index contributed by atoms with van der Waals surface area (Å²) in [5, 5.41) is 9.42. The van der Waals surface area contributed by atoms with Gasteiger partial charge in [-0.3, -0.25) is 4.79 Å². The fraction of sp³-hybridized carbons (Fsp3) is 0.273. The van der Waals surface area contributed by atoms with Crippen LogP contribution in [0, 0.1) is 23.2 Å². The largest absolute Gasteiger partial charge is 0.294 e. The molecule has 0 heterocycles. The molecule has 1 aliphatic carbocycles. The van der Waals surface area contributed by atoms with Crippen molar-refractivity contribution in [3.63, 3.8) is 0 Å². The first kappa shape index (κ1) is 10.5. The van der Waals surface area contributed by atoms with Crippen LogP contribution >= 0.6 is 23.2 Å². The van der Waals surface area contributed by atoms with Crippen molar-refractivity contribution in [1.82, 2.24) is 0 Å². The molecule has 0 bridgehead atoms. The number of rotatable bonds is 2. The molecule has 0 saturated heterocycles. The first-order valence-electron chi connectivity index (χ1n) is 4.52. The van der Waals surface area contributed by atoms with Crippen molar-refractivity contribution in [2.24, 2.45) is 11.8 Å². The third kappa shape index (κ3) is 1.99. The molecule has 2 atom stereocenters. The highest BCUT2D eigenvalue weighted by Gasteiger charge is 2.43. The SMILES string of the molecule is N#C[C@H]1C[C@@H]1C(=O)c1ccc(Cl)c(Cl)c1. The fourth-order valence-electron chi connectivity index (χ4n) is 1.49. The molecule has 76 valence electrons. The van der Waals surface area contributed by atoms with Gasteiger partial charge in [0.15, 0.2) is 5.78 Å². The summed E-state index contributed by atoms with van der Waals surface area (Å²) < 4.78 is 0. The van der Waals surface area contributed by atoms with Crippen LogP contribution in [-0.2, 0) is 0 Å². The Bertz CT molecular complexity index is 464. The molecule has 1 fully saturated rings. The van der Waals surface area contributed by atoms with Crippen molar-refractivity contribution < 1.29 is 4.79 Å². The lowest BCUT2D eigenvalue weighted by molar-refractivity contribution is 0.0964. The molecule has 1 aromatic rings. The third-order valence-electron chi connectivity index (χ3n) is 2.50. The van der Waals surface area contributed by atoms with E-state index in [0.717, 1.165) is 0 Å². The van der Waals surface area contributed by atoms with E-state index in [1.165, 1.54) is 0 Å². The predicted octanol–water partition coefficient (Wildman–Crippen LogP) is 3.34. The van der Waals surface area contributed by atoms with E-state index < -0.39 is 0 Å². The average Bonchev–Trinajstić information content (AvgIpc) is 3.00. The van der Waals surface area contributed by atoms with E-state index in [2.05, 4.69) is 6.07 Å². The Hall–Kier alpha value is -1.04. The molecule has 1 aromatic carbocycles. The Balaban J connectivity index is 2.21. The summed E-state index contributed by atoms with van der Waals surface area (Å²) in [6.07, 6.45) is 0.662. The van der Waals surface area contributed by atoms with Crippen LogP contribution in [0.4, 0.5) is 0 Å². The smallest absolute Gasteiger partial charge is 0.167 e. The van der Waals surface area contributed by atoms with Gasteiger partial charge >= 0.3 is 0 Å². The number of ketones is 1. The quantitative estimate of drug-likeness (QED) is 0.744. The highest BCUT2D eigenvalue weighted by atomic mass is 35.5. The number of hydrogen-bond donors (Lipinski definition) is 0. The Kier molecular flexibility index (Phi) is 2.68. The molecule has 0 spiro atoms. The predicted molar refractivity (Wildman–Crippen MR) is 58.0 cm³/mol. The first-order valence-corrected chi connectivity index (χ1v) is 5.28. The number of nitriles is 1. The standard InChI is InChI=1S/C11H7Cl2NO/c12-9-2-1-6(4-10(9)13)11(15)8-3-7(8)5-14/h1-2,4,7-8H,3H2/t7-,8+/m1/s1. The zero-order valence-electron chi connectivity index (χ0n) is 7.71. The molecule has 2 nitrogen and oxygen atoms in total. The van der Waals surface area contributed by atoms with E-state index in [9.17, 15) is 4.79 Å². The molecular weight excluding hydrogens is 233 g/mol. The van der Waals surface area contributed by atoms with Crippen molar-refractivity contribution in [2.75, 3.05) is 0 Å². The molecule has 2 rings (SSSR count). The second kappa shape index (κ2) is 3.84. The summed E-state index contributed by atoms with van der Waals surface area (Å²) in [5.41, 5.74) is 0.534. The normalized spacial score (nSPS) is 23.3. The second-order valence-corrected chi connectivity index (χ2v) is 4.39. The summed E-state index contributed by atoms with van der Waals surface area (Å²) in [5.74, 6) is -0.278. The minimum atomic E-state index is -0.146. The number of halogens is 2. The lowest BCUT2D eigenvalue weighted by Crippen LogP contribution is -2.02. The zero-order chi connectivity index (χ0) is 11.0. The summed E-state index contributed by atoms with van der Waals surface area (Å²) in [7, 11) is 0. The van der Waals surface area contributed by atoms with Gasteiger partial charge in [-0.1, -0.05) is 23.2 Å². The molecule has 0 aromatic heterocycles. The average molecular weight is 240 g/mol. The van der Waals surface area contributed by atoms with Crippen LogP contribution in [-0.4, -0.2) is 5.78 Å². The van der Waals surface area contributed by atoms with Gasteiger partial charge in [0.2, 0.25) is 0 Å². The zero-order valence-corrected chi connectivity index (χ0v) is 9.22. The van der Waals surface area contributed by atoms with Crippen LogP contribution in [0.3, 0.4) is 0 Å². The number of carbonyl (C=O) groups excluding carboxylic acids is 1. The van der Waals surface area contributed by atoms with Gasteiger partial charge < -0.3 is 0 Å². The summed E-state index contributed by atoms with van der Waals surface area (Å²) in [6, 6.07) is 6.88. The van der Waals surface area contributed by atoms with Gasteiger partial charge in [0.25, 0.3) is 0 Å². The van der Waals surface area contributed by atoms with Gasteiger partial charge in [-0.2, -0.15) is 5.26 Å². The Labute approximate surface area is 97.4 Å². The van der Waals surface area contributed by atoms with Crippen molar-refractivity contribution in [2.45, 2.75) is 6.42 Å². The summed E-state index contributed by atoms with van der Waals surface area (Å²) >= 11 is 11.5. The number of carbonyl (C=O) groups is 1. The first-order chi connectivity index (χ1) is 7.13. The minimum Gasteiger partial charge on any atom is -0.294 e. The van der Waals surface area contributed by atoms with Crippen molar-refractivity contribution in [1.29, 1.82) is 5.26 Å². The molecule has 15 heavy (non-hydrogen) atoms. The van der Waals surface area contributed by atoms with Crippen LogP contribution < -0.4 is 0 Å². The van der Waals surface area contributed by atoms with Gasteiger partial charge in [0, 0.05) is 11.5 Å². The second-order valence-electron chi connectivity index (χ2n) is 3.57. The number of Topliss-reactive ketones (excluding diaryl/α,β-unsaturated/α-hetero) is 1. The van der Waals surface area contributed by atoms with E-state index in [0.29, 0.717) is 22.0 Å². The molecule has 1 saturated carbocycles. The monoisotopic (exact) mass is 239 g/mol. The maximum absolute atomic E-state index is 11.8. The minimum absolute atomic E-state index is 0.0138. The molecule has 0 unspecified atom stereocenters. The van der Waals surface area contributed by atoms with Crippen LogP contribution in [0.25, 0.3) is 0 Å². The van der Waals surface area contributed by atoms with Crippen molar-refractivity contribution in [3.05, 3.63) is 33.8 Å². The van der Waals surface area contributed by atoms with Crippen LogP contribution in [0.1, 0.15) is 16.8 Å². The molecule has 0 amide bonds. The molecule has 1 aliphatic rings. The Morgan fingerprint density at radius 2 is 2.13 bits per heavy atom. The third-order valence-corrected chi connectivity index (χ3v) is 3.24. The molecule has 4 heteroatoms. The van der Waals surface area contributed by atoms with Gasteiger partial charge in [0.05, 0.1) is 22.0 Å². The maximum Gasteiger partial charge on any atom is 0.167 e. The maximum atomic E-state index is 11.8. The molecule has 0 aliphatic heterocycles. The number of hydrogen-bond acceptors (Lipinski definition) is 2. The molecular formula is C11H7Cl2NO. The van der Waals surface area contributed by atoms with Gasteiger partial charge in [-0.15, -0.1) is 0 Å². The van der Waals surface area contributed by atoms with Crippen LogP contribution in [0.2, 0.25) is 10.0 Å². The van der Waals surface area contributed by atoms with E-state index in [1.54, 1.807) is 18.2 Å². The van der Waals surface area contributed by atoms with E-state index in [1.807, 2.05) is 0 Å². The van der Waals surface area contributed by atoms with Crippen LogP contribution in [0.15, 0.2) is 18.2 Å². The summed E-state index contributed by atoms with van der Waals surface area (Å²) in [6.45, 7) is 0. The topological polar surface area (TPSA) is 40.9 Å². The fourth-order valence-corrected chi connectivity index (χ4v) is 1.79. The van der Waals surface area contributed by atoms with E-state index in [4.69, 9.17) is 28.5 Å². The number of nitrogens with zero attached hydrogens (tertiary/aromatic N) is 1. The highest BCUT2D eigenvalue weighted by molar-refractivity contribution is 6.42. The van der Waals surface area contributed by atoms with E-state index in [-0.39, 0.29) is 17.6 Å².